The molecule has 0 amide bonds. The van der Waals surface area contributed by atoms with Crippen LogP contribution in [-0.4, -0.2) is 50.2 Å². The summed E-state index contributed by atoms with van der Waals surface area (Å²) in [5, 5.41) is 8.80. The Morgan fingerprint density at radius 2 is 1.92 bits per heavy atom. The van der Waals surface area contributed by atoms with Crippen molar-refractivity contribution in [3.8, 4) is 0 Å². The van der Waals surface area contributed by atoms with Crippen LogP contribution < -0.4 is 0 Å². The van der Waals surface area contributed by atoms with Crippen molar-refractivity contribution in [2.75, 3.05) is 13.1 Å². The molecule has 0 bridgehead atoms. The van der Waals surface area contributed by atoms with Gasteiger partial charge in [-0.05, 0) is 24.3 Å². The largest absolute Gasteiger partial charge is 0.256 e. The molecule has 0 saturated carbocycles. The van der Waals surface area contributed by atoms with Crippen molar-refractivity contribution < 1.29 is 8.42 Å². The summed E-state index contributed by atoms with van der Waals surface area (Å²) in [4.78, 5) is 4.16. The Kier molecular flexibility index (Phi) is 4.42. The summed E-state index contributed by atoms with van der Waals surface area (Å²) in [7, 11) is -2.05. The van der Waals surface area contributed by atoms with Crippen LogP contribution in [0, 0.1) is 0 Å². The molecule has 0 N–H and O–H groups in total. The third-order valence-corrected chi connectivity index (χ3v) is 7.53. The second kappa shape index (κ2) is 6.49. The van der Waals surface area contributed by atoms with Gasteiger partial charge in [-0.15, -0.1) is 0 Å². The third kappa shape index (κ3) is 2.88. The summed E-state index contributed by atoms with van der Waals surface area (Å²) >= 11 is 12.5. The number of pyridine rings is 1. The number of fused-ring (bicyclic) bond motifs is 1. The second-order valence-electron chi connectivity index (χ2n) is 6.24. The molecule has 4 heterocycles. The molecule has 3 aromatic rings. The molecule has 0 spiro atoms. The van der Waals surface area contributed by atoms with Crippen LogP contribution in [0.1, 0.15) is 24.3 Å². The summed E-state index contributed by atoms with van der Waals surface area (Å²) in [6, 6.07) is 1.78. The zero-order valence-electron chi connectivity index (χ0n) is 13.9. The van der Waals surface area contributed by atoms with Gasteiger partial charge in [-0.2, -0.15) is 14.5 Å². The van der Waals surface area contributed by atoms with E-state index >= 15 is 0 Å². The molecule has 11 heteroatoms. The molecule has 138 valence electrons. The van der Waals surface area contributed by atoms with Crippen molar-refractivity contribution in [1.82, 2.24) is 28.7 Å². The Morgan fingerprint density at radius 3 is 2.58 bits per heavy atom. The molecule has 4 rings (SSSR count). The standard InChI is InChI=1S/C15H16Cl2N6O2S/c1-21-15(17)13(7-19-21)26(24,25)22-4-2-10(3-5-22)11-8-23-14(6-12(11)16)18-9-20-23/h6-10H,2-5H2,1H3. The van der Waals surface area contributed by atoms with E-state index < -0.39 is 10.0 Å². The lowest BCUT2D eigenvalue weighted by Gasteiger charge is -2.31. The SMILES string of the molecule is Cn1ncc(S(=O)(=O)N2CCC(c3cn4ncnc4cc3Cl)CC2)c1Cl. The van der Waals surface area contributed by atoms with Gasteiger partial charge in [-0.3, -0.25) is 4.68 Å². The average Bonchev–Trinajstić information content (AvgIpc) is 3.21. The monoisotopic (exact) mass is 414 g/mol. The molecule has 0 radical (unpaired) electrons. The van der Waals surface area contributed by atoms with Crippen LogP contribution in [0.3, 0.4) is 0 Å². The summed E-state index contributed by atoms with van der Waals surface area (Å²) in [6.07, 6.45) is 5.97. The van der Waals surface area contributed by atoms with Gasteiger partial charge in [0.15, 0.2) is 5.65 Å². The van der Waals surface area contributed by atoms with E-state index in [1.165, 1.54) is 21.5 Å². The normalized spacial score (nSPS) is 17.2. The van der Waals surface area contributed by atoms with Gasteiger partial charge in [0.05, 0.1) is 6.20 Å². The zero-order valence-corrected chi connectivity index (χ0v) is 16.2. The maximum atomic E-state index is 12.8. The summed E-state index contributed by atoms with van der Waals surface area (Å²) in [6.45, 7) is 0.786. The molecule has 26 heavy (non-hydrogen) atoms. The van der Waals surface area contributed by atoms with E-state index in [0.717, 1.165) is 5.56 Å². The molecule has 1 saturated heterocycles. The quantitative estimate of drug-likeness (QED) is 0.656. The molecule has 0 aromatic carbocycles. The van der Waals surface area contributed by atoms with E-state index in [1.54, 1.807) is 17.6 Å². The minimum Gasteiger partial charge on any atom is -0.256 e. The predicted molar refractivity (Wildman–Crippen MR) is 96.9 cm³/mol. The van der Waals surface area contributed by atoms with Gasteiger partial charge < -0.3 is 0 Å². The number of aromatic nitrogens is 5. The Bertz CT molecular complexity index is 1070. The smallest absolute Gasteiger partial charge is 0.247 e. The number of nitrogens with zero attached hydrogens (tertiary/aromatic N) is 6. The van der Waals surface area contributed by atoms with Gasteiger partial charge in [0, 0.05) is 37.4 Å². The molecule has 3 aromatic heterocycles. The first-order valence-corrected chi connectivity index (χ1v) is 10.2. The van der Waals surface area contributed by atoms with Crippen LogP contribution in [-0.2, 0) is 17.1 Å². The molecular weight excluding hydrogens is 399 g/mol. The maximum Gasteiger partial charge on any atom is 0.247 e. The second-order valence-corrected chi connectivity index (χ2v) is 8.91. The summed E-state index contributed by atoms with van der Waals surface area (Å²) in [5.74, 6) is 0.159. The highest BCUT2D eigenvalue weighted by molar-refractivity contribution is 7.89. The third-order valence-electron chi connectivity index (χ3n) is 4.74. The van der Waals surface area contributed by atoms with Crippen molar-refractivity contribution in [3.05, 3.63) is 40.5 Å². The Balaban J connectivity index is 1.55. The lowest BCUT2D eigenvalue weighted by Crippen LogP contribution is -2.38. The first-order chi connectivity index (χ1) is 12.4. The number of hydrogen-bond acceptors (Lipinski definition) is 5. The van der Waals surface area contributed by atoms with E-state index in [2.05, 4.69) is 15.2 Å². The van der Waals surface area contributed by atoms with Crippen LogP contribution in [0.2, 0.25) is 10.2 Å². The average molecular weight is 415 g/mol. The van der Waals surface area contributed by atoms with Gasteiger partial charge in [-0.1, -0.05) is 23.2 Å². The molecule has 1 fully saturated rings. The topological polar surface area (TPSA) is 85.4 Å². The predicted octanol–water partition coefficient (Wildman–Crippen LogP) is 2.34. The highest BCUT2D eigenvalue weighted by Gasteiger charge is 2.33. The van der Waals surface area contributed by atoms with Gasteiger partial charge >= 0.3 is 0 Å². The van der Waals surface area contributed by atoms with Crippen molar-refractivity contribution >= 4 is 38.9 Å². The van der Waals surface area contributed by atoms with E-state index in [-0.39, 0.29) is 16.0 Å². The zero-order chi connectivity index (χ0) is 18.5. The van der Waals surface area contributed by atoms with Crippen molar-refractivity contribution in [3.63, 3.8) is 0 Å². The number of sulfonamides is 1. The lowest BCUT2D eigenvalue weighted by molar-refractivity contribution is 0.319. The Morgan fingerprint density at radius 1 is 1.19 bits per heavy atom. The Hall–Kier alpha value is -1.68. The molecule has 0 unspecified atom stereocenters. The van der Waals surface area contributed by atoms with Gasteiger partial charge in [0.1, 0.15) is 16.4 Å². The lowest BCUT2D eigenvalue weighted by atomic mass is 9.91. The number of aryl methyl sites for hydroxylation is 1. The maximum absolute atomic E-state index is 12.8. The fourth-order valence-electron chi connectivity index (χ4n) is 3.27. The van der Waals surface area contributed by atoms with E-state index in [9.17, 15) is 8.42 Å². The van der Waals surface area contributed by atoms with Crippen LogP contribution in [0.25, 0.3) is 5.65 Å². The van der Waals surface area contributed by atoms with Crippen LogP contribution in [0.4, 0.5) is 0 Å². The summed E-state index contributed by atoms with van der Waals surface area (Å²) in [5.41, 5.74) is 1.64. The summed E-state index contributed by atoms with van der Waals surface area (Å²) < 4.78 is 30.1. The molecule has 0 atom stereocenters. The van der Waals surface area contributed by atoms with E-state index in [4.69, 9.17) is 23.2 Å². The molecule has 0 aliphatic carbocycles. The molecular formula is C15H16Cl2N6O2S. The van der Waals surface area contributed by atoms with Gasteiger partial charge in [-0.25, -0.2) is 17.9 Å². The minimum atomic E-state index is -3.66. The first kappa shape index (κ1) is 17.7. The van der Waals surface area contributed by atoms with Crippen LogP contribution >= 0.6 is 23.2 Å². The van der Waals surface area contributed by atoms with E-state index in [1.807, 2.05) is 6.20 Å². The van der Waals surface area contributed by atoms with E-state index in [0.29, 0.717) is 36.6 Å². The van der Waals surface area contributed by atoms with Gasteiger partial charge in [0.25, 0.3) is 0 Å². The fourth-order valence-corrected chi connectivity index (χ4v) is 5.45. The molecule has 1 aliphatic rings. The highest BCUT2D eigenvalue weighted by Crippen LogP contribution is 2.35. The highest BCUT2D eigenvalue weighted by atomic mass is 35.5. The number of hydrogen-bond donors (Lipinski definition) is 0. The first-order valence-electron chi connectivity index (χ1n) is 8.04. The van der Waals surface area contributed by atoms with Crippen LogP contribution in [0.15, 0.2) is 29.7 Å². The van der Waals surface area contributed by atoms with Gasteiger partial charge in [0.2, 0.25) is 10.0 Å². The number of rotatable bonds is 3. The van der Waals surface area contributed by atoms with Crippen molar-refractivity contribution in [2.45, 2.75) is 23.7 Å². The van der Waals surface area contributed by atoms with Crippen molar-refractivity contribution in [1.29, 1.82) is 0 Å². The van der Waals surface area contributed by atoms with Crippen molar-refractivity contribution in [2.24, 2.45) is 7.05 Å². The Labute approximate surface area is 160 Å². The molecule has 8 nitrogen and oxygen atoms in total. The number of halogens is 2. The number of piperidine rings is 1. The van der Waals surface area contributed by atoms with Crippen LogP contribution in [0.5, 0.6) is 0 Å². The minimum absolute atomic E-state index is 0.0437. The fraction of sp³-hybridized carbons (Fsp3) is 0.400. The molecule has 1 aliphatic heterocycles.